The number of aliphatic carboxylic acids is 1. The Morgan fingerprint density at radius 1 is 1.17 bits per heavy atom. The third kappa shape index (κ3) is 4.67. The maximum Gasteiger partial charge on any atom is 0.307 e. The SMILES string of the molecule is CCN1CCN(Cc2ccc(COc3ccc(C)cc3-c3csc(N4CC5C(C(=O)O)C6CC56C4)n3)c(C)c2)CC1=O. The molecule has 4 aliphatic rings. The van der Waals surface area contributed by atoms with Crippen molar-refractivity contribution in [2.24, 2.45) is 23.2 Å². The molecule has 1 aromatic heterocycles. The van der Waals surface area contributed by atoms with E-state index in [0.717, 1.165) is 79.0 Å². The van der Waals surface area contributed by atoms with Crippen molar-refractivity contribution in [3.8, 4) is 17.0 Å². The van der Waals surface area contributed by atoms with Crippen LogP contribution < -0.4 is 9.64 Å². The van der Waals surface area contributed by atoms with Gasteiger partial charge in [-0.05, 0) is 73.3 Å². The highest BCUT2D eigenvalue weighted by Crippen LogP contribution is 2.76. The number of carboxylic acid groups (broad SMARTS) is 1. The van der Waals surface area contributed by atoms with Crippen LogP contribution in [0.5, 0.6) is 5.75 Å². The Morgan fingerprint density at radius 3 is 2.79 bits per heavy atom. The lowest BCUT2D eigenvalue weighted by Gasteiger charge is -2.35. The molecule has 7 rings (SSSR count). The summed E-state index contributed by atoms with van der Waals surface area (Å²) in [6, 6.07) is 12.7. The fourth-order valence-electron chi connectivity index (χ4n) is 7.68. The highest BCUT2D eigenvalue weighted by Gasteiger charge is 2.78. The van der Waals surface area contributed by atoms with Gasteiger partial charge in [-0.1, -0.05) is 29.8 Å². The predicted molar refractivity (Wildman–Crippen MR) is 163 cm³/mol. The summed E-state index contributed by atoms with van der Waals surface area (Å²) in [7, 11) is 0. The van der Waals surface area contributed by atoms with Crippen LogP contribution in [0.1, 0.15) is 35.6 Å². The molecule has 0 bridgehead atoms. The minimum Gasteiger partial charge on any atom is -0.488 e. The average Bonchev–Trinajstić information content (AvgIpc) is 3.22. The molecule has 2 aliphatic heterocycles. The molecule has 4 fully saturated rings. The Morgan fingerprint density at radius 2 is 2.02 bits per heavy atom. The van der Waals surface area contributed by atoms with Gasteiger partial charge in [-0.15, -0.1) is 11.3 Å². The monoisotopic (exact) mass is 586 g/mol. The first-order valence-electron chi connectivity index (χ1n) is 15.0. The third-order valence-electron chi connectivity index (χ3n) is 10.1. The lowest BCUT2D eigenvalue weighted by atomic mass is 9.66. The molecule has 2 aromatic carbocycles. The molecule has 2 saturated heterocycles. The molecule has 4 unspecified atom stereocenters. The molecule has 1 spiro atoms. The third-order valence-corrected chi connectivity index (χ3v) is 11.0. The molecule has 1 N–H and O–H groups in total. The van der Waals surface area contributed by atoms with Crippen LogP contribution in [0.25, 0.3) is 11.3 Å². The van der Waals surface area contributed by atoms with Crippen molar-refractivity contribution in [3.63, 3.8) is 0 Å². The number of aryl methyl sites for hydroxylation is 2. The number of rotatable bonds is 9. The van der Waals surface area contributed by atoms with Crippen molar-refractivity contribution in [2.45, 2.75) is 40.3 Å². The van der Waals surface area contributed by atoms with Crippen molar-refractivity contribution >= 4 is 28.3 Å². The number of benzene rings is 2. The number of carbonyl (C=O) groups excluding carboxylic acids is 1. The van der Waals surface area contributed by atoms with Crippen molar-refractivity contribution in [1.29, 1.82) is 0 Å². The smallest absolute Gasteiger partial charge is 0.307 e. The van der Waals surface area contributed by atoms with E-state index in [1.54, 1.807) is 11.3 Å². The molecule has 9 heteroatoms. The first-order chi connectivity index (χ1) is 20.3. The highest BCUT2D eigenvalue weighted by molar-refractivity contribution is 7.14. The number of carbonyl (C=O) groups is 2. The van der Waals surface area contributed by atoms with Crippen LogP contribution in [0.2, 0.25) is 0 Å². The maximum atomic E-state index is 12.3. The Labute approximate surface area is 250 Å². The first kappa shape index (κ1) is 27.4. The van der Waals surface area contributed by atoms with E-state index in [9.17, 15) is 14.7 Å². The summed E-state index contributed by atoms with van der Waals surface area (Å²) in [6.07, 6.45) is 1.05. The molecule has 3 heterocycles. The number of likely N-dealkylation sites (N-methyl/N-ethyl adjacent to an activating group) is 1. The Hall–Kier alpha value is -3.43. The van der Waals surface area contributed by atoms with Crippen LogP contribution in [-0.2, 0) is 22.7 Å². The van der Waals surface area contributed by atoms with Gasteiger partial charge in [0.25, 0.3) is 0 Å². The van der Waals surface area contributed by atoms with Gasteiger partial charge in [-0.25, -0.2) is 4.98 Å². The highest BCUT2D eigenvalue weighted by atomic mass is 32.1. The van der Waals surface area contributed by atoms with Gasteiger partial charge >= 0.3 is 5.97 Å². The number of anilines is 1. The van der Waals surface area contributed by atoms with E-state index in [1.165, 1.54) is 11.1 Å². The van der Waals surface area contributed by atoms with Crippen LogP contribution in [0.15, 0.2) is 41.8 Å². The van der Waals surface area contributed by atoms with Gasteiger partial charge in [0.1, 0.15) is 12.4 Å². The van der Waals surface area contributed by atoms with Crippen LogP contribution in [0, 0.1) is 37.0 Å². The summed E-state index contributed by atoms with van der Waals surface area (Å²) in [5.74, 6) is 0.828. The molecule has 0 radical (unpaired) electrons. The van der Waals surface area contributed by atoms with Gasteiger partial charge in [-0.2, -0.15) is 0 Å². The molecule has 220 valence electrons. The molecule has 3 aromatic rings. The van der Waals surface area contributed by atoms with E-state index in [2.05, 4.69) is 59.4 Å². The average molecular weight is 587 g/mol. The molecule has 42 heavy (non-hydrogen) atoms. The lowest BCUT2D eigenvalue weighted by Crippen LogP contribution is -2.49. The zero-order valence-electron chi connectivity index (χ0n) is 24.5. The van der Waals surface area contributed by atoms with Gasteiger partial charge < -0.3 is 19.6 Å². The van der Waals surface area contributed by atoms with Crippen LogP contribution in [0.3, 0.4) is 0 Å². The Balaban J connectivity index is 1.02. The largest absolute Gasteiger partial charge is 0.488 e. The summed E-state index contributed by atoms with van der Waals surface area (Å²) in [5.41, 5.74) is 6.78. The topological polar surface area (TPSA) is 86.2 Å². The normalized spacial score (nSPS) is 26.5. The Kier molecular flexibility index (Phi) is 6.77. The molecule has 4 atom stereocenters. The van der Waals surface area contributed by atoms with Gasteiger partial charge in [0, 0.05) is 50.2 Å². The van der Waals surface area contributed by atoms with E-state index >= 15 is 0 Å². The number of hydrogen-bond acceptors (Lipinski definition) is 7. The zero-order valence-corrected chi connectivity index (χ0v) is 25.3. The summed E-state index contributed by atoms with van der Waals surface area (Å²) in [5, 5.41) is 12.7. The summed E-state index contributed by atoms with van der Waals surface area (Å²) >= 11 is 1.63. The zero-order chi connectivity index (χ0) is 29.2. The predicted octanol–water partition coefficient (Wildman–Crippen LogP) is 4.83. The molecule has 2 aliphatic carbocycles. The molecule has 2 saturated carbocycles. The number of hydrogen-bond donors (Lipinski definition) is 1. The van der Waals surface area contributed by atoms with E-state index in [1.807, 2.05) is 17.9 Å². The van der Waals surface area contributed by atoms with Crippen molar-refractivity contribution in [1.82, 2.24) is 14.8 Å². The van der Waals surface area contributed by atoms with Gasteiger partial charge in [0.2, 0.25) is 5.91 Å². The maximum absolute atomic E-state index is 12.3. The van der Waals surface area contributed by atoms with E-state index in [-0.39, 0.29) is 23.2 Å². The van der Waals surface area contributed by atoms with E-state index in [4.69, 9.17) is 9.72 Å². The molecule has 1 amide bonds. The standard InChI is InChI=1S/C33H38N4O4S/c1-4-36-10-9-35(16-29(36)38)14-22-6-7-23(21(3)12-22)17-41-28-8-5-20(2)11-24(28)27-18-42-32(34-27)37-15-26-30(31(39)40)25-13-33(25,26)19-37/h5-8,11-12,18,25-26,30H,4,9-10,13-17,19H2,1-3H3,(H,39,40). The fraction of sp³-hybridized carbons (Fsp3) is 0.485. The molecular weight excluding hydrogens is 548 g/mol. The second-order valence-corrected chi connectivity index (χ2v) is 13.5. The number of aromatic nitrogens is 1. The Bertz CT molecular complexity index is 1550. The fourth-order valence-corrected chi connectivity index (χ4v) is 8.52. The molecular formula is C33H38N4O4S. The number of piperazine rings is 1. The first-order valence-corrected chi connectivity index (χ1v) is 15.9. The van der Waals surface area contributed by atoms with Gasteiger partial charge in [0.15, 0.2) is 5.13 Å². The minimum atomic E-state index is -0.631. The number of amides is 1. The van der Waals surface area contributed by atoms with E-state index < -0.39 is 5.97 Å². The summed E-state index contributed by atoms with van der Waals surface area (Å²) < 4.78 is 6.41. The van der Waals surface area contributed by atoms with Crippen LogP contribution >= 0.6 is 11.3 Å². The summed E-state index contributed by atoms with van der Waals surface area (Å²) in [6.45, 7) is 12.1. The van der Waals surface area contributed by atoms with Crippen molar-refractivity contribution in [3.05, 3.63) is 64.0 Å². The quantitative estimate of drug-likeness (QED) is 0.385. The van der Waals surface area contributed by atoms with Crippen LogP contribution in [-0.4, -0.2) is 71.0 Å². The molecule has 8 nitrogen and oxygen atoms in total. The number of nitrogens with zero attached hydrogens (tertiary/aromatic N) is 4. The van der Waals surface area contributed by atoms with Gasteiger partial charge in [0.05, 0.1) is 18.2 Å². The van der Waals surface area contributed by atoms with Gasteiger partial charge in [-0.3, -0.25) is 14.5 Å². The van der Waals surface area contributed by atoms with Crippen molar-refractivity contribution in [2.75, 3.05) is 44.2 Å². The number of thiazole rings is 1. The summed E-state index contributed by atoms with van der Waals surface area (Å²) in [4.78, 5) is 35.5. The second-order valence-electron chi connectivity index (χ2n) is 12.6. The van der Waals surface area contributed by atoms with Crippen LogP contribution in [0.4, 0.5) is 5.13 Å². The second kappa shape index (κ2) is 10.4. The van der Waals surface area contributed by atoms with E-state index in [0.29, 0.717) is 19.1 Å². The van der Waals surface area contributed by atoms with Crippen molar-refractivity contribution < 1.29 is 19.4 Å². The number of carboxylic acids is 1. The minimum absolute atomic E-state index is 0.176. The lowest BCUT2D eigenvalue weighted by molar-refractivity contribution is -0.150. The number of ether oxygens (including phenoxy) is 1.